The first-order valence-corrected chi connectivity index (χ1v) is 4.92. The van der Waals surface area contributed by atoms with E-state index in [1.54, 1.807) is 0 Å². The fourth-order valence-corrected chi connectivity index (χ4v) is 1.61. The Morgan fingerprint density at radius 2 is 2.06 bits per heavy atom. The van der Waals surface area contributed by atoms with E-state index in [0.29, 0.717) is 0 Å². The lowest BCUT2D eigenvalue weighted by Gasteiger charge is -2.17. The predicted molar refractivity (Wildman–Crippen MR) is 54.4 cm³/mol. The normalized spacial score (nSPS) is 13.2. The van der Waals surface area contributed by atoms with Crippen molar-refractivity contribution in [1.29, 1.82) is 0 Å². The molecule has 0 aliphatic carbocycles. The van der Waals surface area contributed by atoms with Crippen molar-refractivity contribution in [1.82, 2.24) is 0 Å². The number of alkyl halides is 4. The van der Waals surface area contributed by atoms with Crippen LogP contribution in [0.15, 0.2) is 18.2 Å². The number of carbonyl (C=O) groups is 1. The van der Waals surface area contributed by atoms with Crippen LogP contribution in [0.2, 0.25) is 0 Å². The monoisotopic (exact) mass is 268 g/mol. The number of ether oxygens (including phenoxy) is 1. The summed E-state index contributed by atoms with van der Waals surface area (Å²) in [6.07, 6.45) is -6.31. The Labute approximate surface area is 99.8 Å². The van der Waals surface area contributed by atoms with Gasteiger partial charge < -0.3 is 9.84 Å². The summed E-state index contributed by atoms with van der Waals surface area (Å²) in [5.74, 6) is -0.408. The molecule has 0 heterocycles. The Morgan fingerprint density at radius 1 is 1.47 bits per heavy atom. The van der Waals surface area contributed by atoms with Crippen LogP contribution in [0.5, 0.6) is 5.75 Å². The molecule has 1 unspecified atom stereocenters. The zero-order valence-corrected chi connectivity index (χ0v) is 9.34. The van der Waals surface area contributed by atoms with Crippen LogP contribution in [0.25, 0.3) is 0 Å². The standard InChI is InChI=1S/C10H8ClF3O3/c1-5(11)8-6(10(12,13)14)3-2-4-7(8)17-9(15)16/h2-5H,1H3,(H,15,16). The molecule has 1 rings (SSSR count). The Morgan fingerprint density at radius 3 is 2.47 bits per heavy atom. The maximum Gasteiger partial charge on any atom is 0.511 e. The summed E-state index contributed by atoms with van der Waals surface area (Å²) >= 11 is 5.63. The predicted octanol–water partition coefficient (Wildman–Crippen LogP) is 4.06. The first-order chi connectivity index (χ1) is 7.73. The molecular formula is C10H8ClF3O3. The van der Waals surface area contributed by atoms with Crippen LogP contribution in [0, 0.1) is 0 Å². The molecule has 94 valence electrons. The summed E-state index contributed by atoms with van der Waals surface area (Å²) < 4.78 is 42.3. The first-order valence-electron chi connectivity index (χ1n) is 4.48. The number of benzene rings is 1. The van der Waals surface area contributed by atoms with Crippen molar-refractivity contribution >= 4 is 17.8 Å². The van der Waals surface area contributed by atoms with Gasteiger partial charge in [-0.25, -0.2) is 4.79 Å². The molecule has 0 amide bonds. The number of halogens is 4. The lowest BCUT2D eigenvalue weighted by Crippen LogP contribution is -2.13. The van der Waals surface area contributed by atoms with Gasteiger partial charge in [0.05, 0.1) is 10.9 Å². The van der Waals surface area contributed by atoms with Crippen LogP contribution in [0.3, 0.4) is 0 Å². The summed E-state index contributed by atoms with van der Waals surface area (Å²) in [5.41, 5.74) is -1.39. The SMILES string of the molecule is CC(Cl)c1c(OC(=O)O)cccc1C(F)(F)F. The Hall–Kier alpha value is -1.43. The lowest BCUT2D eigenvalue weighted by atomic mass is 10.0. The first kappa shape index (κ1) is 13.6. The minimum Gasteiger partial charge on any atom is -0.449 e. The fraction of sp³-hybridized carbons (Fsp3) is 0.300. The Balaban J connectivity index is 3.37. The van der Waals surface area contributed by atoms with E-state index in [9.17, 15) is 18.0 Å². The van der Waals surface area contributed by atoms with Crippen molar-refractivity contribution in [2.45, 2.75) is 18.5 Å². The molecule has 1 aromatic carbocycles. The van der Waals surface area contributed by atoms with E-state index >= 15 is 0 Å². The lowest BCUT2D eigenvalue weighted by molar-refractivity contribution is -0.138. The van der Waals surface area contributed by atoms with Gasteiger partial charge in [-0.2, -0.15) is 13.2 Å². The molecule has 0 radical (unpaired) electrons. The third-order valence-corrected chi connectivity index (χ3v) is 2.18. The van der Waals surface area contributed by atoms with E-state index in [1.807, 2.05) is 0 Å². The summed E-state index contributed by atoms with van der Waals surface area (Å²) in [5, 5.41) is 7.39. The van der Waals surface area contributed by atoms with Gasteiger partial charge in [0.15, 0.2) is 0 Å². The maximum atomic E-state index is 12.7. The van der Waals surface area contributed by atoms with Crippen LogP contribution in [-0.2, 0) is 6.18 Å². The van der Waals surface area contributed by atoms with Crippen LogP contribution >= 0.6 is 11.6 Å². The second-order valence-corrected chi connectivity index (χ2v) is 3.85. The second kappa shape index (κ2) is 4.83. The third kappa shape index (κ3) is 3.26. The van der Waals surface area contributed by atoms with Crippen molar-refractivity contribution in [3.05, 3.63) is 29.3 Å². The molecule has 3 nitrogen and oxygen atoms in total. The highest BCUT2D eigenvalue weighted by atomic mass is 35.5. The topological polar surface area (TPSA) is 46.5 Å². The number of rotatable bonds is 2. The highest BCUT2D eigenvalue weighted by Gasteiger charge is 2.36. The minimum atomic E-state index is -4.61. The second-order valence-electron chi connectivity index (χ2n) is 3.20. The Kier molecular flexibility index (Phi) is 3.87. The molecule has 0 bridgehead atoms. The number of hydrogen-bond acceptors (Lipinski definition) is 2. The molecule has 1 atom stereocenters. The maximum absolute atomic E-state index is 12.7. The molecule has 0 aromatic heterocycles. The highest BCUT2D eigenvalue weighted by Crippen LogP contribution is 2.41. The van der Waals surface area contributed by atoms with Crippen LogP contribution in [0.4, 0.5) is 18.0 Å². The van der Waals surface area contributed by atoms with Gasteiger partial charge >= 0.3 is 12.3 Å². The molecule has 17 heavy (non-hydrogen) atoms. The van der Waals surface area contributed by atoms with Gasteiger partial charge in [0.2, 0.25) is 0 Å². The molecule has 0 aliphatic heterocycles. The van der Waals surface area contributed by atoms with Gasteiger partial charge in [-0.05, 0) is 19.1 Å². The molecular weight excluding hydrogens is 261 g/mol. The van der Waals surface area contributed by atoms with Crippen molar-refractivity contribution in [2.24, 2.45) is 0 Å². The van der Waals surface area contributed by atoms with E-state index in [4.69, 9.17) is 16.7 Å². The van der Waals surface area contributed by atoms with Gasteiger partial charge in [-0.1, -0.05) is 6.07 Å². The quantitative estimate of drug-likeness (QED) is 0.500. The minimum absolute atomic E-state index is 0.385. The summed E-state index contributed by atoms with van der Waals surface area (Å²) in [4.78, 5) is 10.4. The molecule has 0 saturated heterocycles. The van der Waals surface area contributed by atoms with Gasteiger partial charge in [0.25, 0.3) is 0 Å². The van der Waals surface area contributed by atoms with Crippen LogP contribution in [-0.4, -0.2) is 11.3 Å². The molecule has 0 aliphatic rings. The molecule has 7 heteroatoms. The van der Waals surface area contributed by atoms with Crippen LogP contribution < -0.4 is 4.74 Å². The van der Waals surface area contributed by atoms with E-state index in [2.05, 4.69) is 4.74 Å². The van der Waals surface area contributed by atoms with Gasteiger partial charge in [0.1, 0.15) is 5.75 Å². The van der Waals surface area contributed by atoms with Crippen molar-refractivity contribution in [2.75, 3.05) is 0 Å². The average molecular weight is 269 g/mol. The molecule has 0 saturated carbocycles. The summed E-state index contributed by atoms with van der Waals surface area (Å²) in [6, 6.07) is 3.00. The molecule has 0 fully saturated rings. The third-order valence-electron chi connectivity index (χ3n) is 1.97. The van der Waals surface area contributed by atoms with E-state index in [0.717, 1.165) is 18.2 Å². The average Bonchev–Trinajstić information content (AvgIpc) is 2.14. The fourth-order valence-electron chi connectivity index (χ4n) is 1.38. The van der Waals surface area contributed by atoms with Gasteiger partial charge in [-0.3, -0.25) is 0 Å². The summed E-state index contributed by atoms with van der Waals surface area (Å²) in [6.45, 7) is 1.31. The van der Waals surface area contributed by atoms with Gasteiger partial charge in [-0.15, -0.1) is 11.6 Å². The van der Waals surface area contributed by atoms with Crippen molar-refractivity contribution < 1.29 is 27.8 Å². The molecule has 1 N–H and O–H groups in total. The van der Waals surface area contributed by atoms with E-state index in [1.165, 1.54) is 6.92 Å². The molecule has 1 aromatic rings. The number of hydrogen-bond donors (Lipinski definition) is 1. The summed E-state index contributed by atoms with van der Waals surface area (Å²) in [7, 11) is 0. The molecule has 0 spiro atoms. The van der Waals surface area contributed by atoms with Gasteiger partial charge in [0, 0.05) is 5.56 Å². The number of carboxylic acid groups (broad SMARTS) is 1. The largest absolute Gasteiger partial charge is 0.511 e. The van der Waals surface area contributed by atoms with Crippen molar-refractivity contribution in [3.8, 4) is 5.75 Å². The highest BCUT2D eigenvalue weighted by molar-refractivity contribution is 6.20. The zero-order valence-electron chi connectivity index (χ0n) is 8.58. The smallest absolute Gasteiger partial charge is 0.449 e. The van der Waals surface area contributed by atoms with Crippen LogP contribution in [0.1, 0.15) is 23.4 Å². The Bertz CT molecular complexity index is 429. The van der Waals surface area contributed by atoms with Crippen molar-refractivity contribution in [3.63, 3.8) is 0 Å². The van der Waals surface area contributed by atoms with E-state index < -0.39 is 29.0 Å². The zero-order chi connectivity index (χ0) is 13.2. The van der Waals surface area contributed by atoms with E-state index in [-0.39, 0.29) is 5.56 Å².